The van der Waals surface area contributed by atoms with Crippen molar-refractivity contribution in [3.05, 3.63) is 0 Å². The predicted octanol–water partition coefficient (Wildman–Crippen LogP) is 1.26. The minimum Gasteiger partial charge on any atom is -0.481 e. The fraction of sp³-hybridized carbons (Fsp3) is 0.875. The number of likely N-dealkylation sites (tertiary alicyclic amines) is 2. The van der Waals surface area contributed by atoms with Gasteiger partial charge in [0.05, 0.1) is 12.5 Å². The molecule has 1 spiro atoms. The maximum atomic E-state index is 11.8. The van der Waals surface area contributed by atoms with Crippen molar-refractivity contribution in [1.82, 2.24) is 9.80 Å². The number of carbonyl (C=O) groups is 2. The van der Waals surface area contributed by atoms with Crippen LogP contribution in [0.25, 0.3) is 0 Å². The largest absolute Gasteiger partial charge is 0.481 e. The van der Waals surface area contributed by atoms with Gasteiger partial charge in [-0.25, -0.2) is 4.79 Å². The molecule has 2 saturated carbocycles. The summed E-state index contributed by atoms with van der Waals surface area (Å²) in [6.45, 7) is 5.85. The molecule has 4 aliphatic rings. The van der Waals surface area contributed by atoms with Crippen molar-refractivity contribution in [3.8, 4) is 0 Å². The number of carbonyl (C=O) groups excluding carboxylic acids is 1. The van der Waals surface area contributed by atoms with Crippen LogP contribution in [0.2, 0.25) is 0 Å². The molecule has 2 aliphatic heterocycles. The maximum Gasteiger partial charge on any atom is 0.409 e. The van der Waals surface area contributed by atoms with Gasteiger partial charge in [0.15, 0.2) is 0 Å². The van der Waals surface area contributed by atoms with Crippen LogP contribution in [0.5, 0.6) is 0 Å². The van der Waals surface area contributed by atoms with E-state index in [2.05, 4.69) is 4.90 Å². The molecule has 1 N–H and O–H groups in total. The van der Waals surface area contributed by atoms with E-state index in [4.69, 9.17) is 9.84 Å². The van der Waals surface area contributed by atoms with Gasteiger partial charge in [-0.1, -0.05) is 0 Å². The third-order valence-electron chi connectivity index (χ3n) is 6.33. The highest BCUT2D eigenvalue weighted by atomic mass is 16.6. The van der Waals surface area contributed by atoms with Gasteiger partial charge in [-0.2, -0.15) is 0 Å². The Morgan fingerprint density at radius 2 is 1.95 bits per heavy atom. The molecule has 2 saturated heterocycles. The normalized spacial score (nSPS) is 43.0. The Morgan fingerprint density at radius 3 is 2.55 bits per heavy atom. The van der Waals surface area contributed by atoms with Gasteiger partial charge in [0, 0.05) is 32.2 Å². The lowest BCUT2D eigenvalue weighted by atomic mass is 9.64. The minimum absolute atomic E-state index is 0.0731. The summed E-state index contributed by atoms with van der Waals surface area (Å²) < 4.78 is 5.09. The average molecular weight is 308 g/mol. The highest BCUT2D eigenvalue weighted by molar-refractivity contribution is 5.74. The molecule has 0 unspecified atom stereocenters. The van der Waals surface area contributed by atoms with E-state index in [0.29, 0.717) is 29.9 Å². The standard InChI is InChI=1S/C16H24N2O4/c1-2-22-15(21)17-4-3-16(9-17)5-10(6-16)18-7-11-12(8-18)13(11)14(19)20/h10-13H,2-9H2,1H3,(H,19,20)/t10?,11-,12+,13+,16?. The third kappa shape index (κ3) is 2.11. The van der Waals surface area contributed by atoms with Crippen molar-refractivity contribution in [2.24, 2.45) is 23.2 Å². The molecule has 2 heterocycles. The monoisotopic (exact) mass is 308 g/mol. The number of amides is 1. The number of ether oxygens (including phenoxy) is 1. The number of hydrogen-bond donors (Lipinski definition) is 1. The Morgan fingerprint density at radius 1 is 1.27 bits per heavy atom. The van der Waals surface area contributed by atoms with E-state index in [1.54, 1.807) is 0 Å². The van der Waals surface area contributed by atoms with Gasteiger partial charge < -0.3 is 14.7 Å². The predicted molar refractivity (Wildman–Crippen MR) is 78.3 cm³/mol. The highest BCUT2D eigenvalue weighted by Gasteiger charge is 2.62. The molecular weight excluding hydrogens is 284 g/mol. The summed E-state index contributed by atoms with van der Waals surface area (Å²) in [6.07, 6.45) is 3.22. The van der Waals surface area contributed by atoms with Gasteiger partial charge in [-0.3, -0.25) is 9.69 Å². The van der Waals surface area contributed by atoms with Gasteiger partial charge >= 0.3 is 12.1 Å². The van der Waals surface area contributed by atoms with E-state index in [0.717, 1.165) is 45.4 Å². The molecule has 0 radical (unpaired) electrons. The van der Waals surface area contributed by atoms with Crippen LogP contribution in [0, 0.1) is 23.2 Å². The van der Waals surface area contributed by atoms with Crippen LogP contribution in [0.4, 0.5) is 4.79 Å². The number of nitrogens with zero attached hydrogens (tertiary/aromatic N) is 2. The van der Waals surface area contributed by atoms with E-state index in [1.807, 2.05) is 11.8 Å². The van der Waals surface area contributed by atoms with Crippen LogP contribution in [-0.2, 0) is 9.53 Å². The molecule has 6 nitrogen and oxygen atoms in total. The Balaban J connectivity index is 1.26. The second kappa shape index (κ2) is 4.85. The number of rotatable bonds is 3. The number of piperidine rings is 1. The van der Waals surface area contributed by atoms with Crippen LogP contribution < -0.4 is 0 Å². The van der Waals surface area contributed by atoms with E-state index in [1.165, 1.54) is 0 Å². The van der Waals surface area contributed by atoms with Crippen LogP contribution in [0.15, 0.2) is 0 Å². The Hall–Kier alpha value is -1.30. The molecule has 122 valence electrons. The first-order chi connectivity index (χ1) is 10.5. The first kappa shape index (κ1) is 14.3. The molecule has 3 atom stereocenters. The lowest BCUT2D eigenvalue weighted by molar-refractivity contribution is -0.139. The Kier molecular flexibility index (Phi) is 3.15. The van der Waals surface area contributed by atoms with Gasteiger partial charge in [0.25, 0.3) is 0 Å². The van der Waals surface area contributed by atoms with Crippen molar-refractivity contribution >= 4 is 12.1 Å². The average Bonchev–Trinajstić information content (AvgIpc) is 2.83. The first-order valence-corrected chi connectivity index (χ1v) is 8.41. The molecule has 4 rings (SSSR count). The van der Waals surface area contributed by atoms with E-state index < -0.39 is 5.97 Å². The maximum absolute atomic E-state index is 11.8. The second-order valence-corrected chi connectivity index (χ2v) is 7.58. The summed E-state index contributed by atoms with van der Waals surface area (Å²) in [5.41, 5.74) is 0.302. The molecule has 1 amide bonds. The van der Waals surface area contributed by atoms with E-state index in [-0.39, 0.29) is 12.0 Å². The lowest BCUT2D eigenvalue weighted by Crippen LogP contribution is -2.52. The van der Waals surface area contributed by atoms with E-state index in [9.17, 15) is 9.59 Å². The molecule has 2 aliphatic carbocycles. The van der Waals surface area contributed by atoms with Crippen LogP contribution in [0.3, 0.4) is 0 Å². The molecule has 0 bridgehead atoms. The zero-order chi connectivity index (χ0) is 15.5. The number of carboxylic acid groups (broad SMARTS) is 1. The smallest absolute Gasteiger partial charge is 0.409 e. The molecule has 6 heteroatoms. The fourth-order valence-corrected chi connectivity index (χ4v) is 5.06. The quantitative estimate of drug-likeness (QED) is 0.850. The van der Waals surface area contributed by atoms with Gasteiger partial charge in [0.1, 0.15) is 0 Å². The third-order valence-corrected chi connectivity index (χ3v) is 6.33. The minimum atomic E-state index is -0.611. The summed E-state index contributed by atoms with van der Waals surface area (Å²) in [4.78, 5) is 27.2. The van der Waals surface area contributed by atoms with Crippen LogP contribution in [-0.4, -0.2) is 65.8 Å². The first-order valence-electron chi connectivity index (χ1n) is 8.41. The van der Waals surface area contributed by atoms with Gasteiger partial charge in [-0.15, -0.1) is 0 Å². The van der Waals surface area contributed by atoms with Crippen molar-refractivity contribution in [1.29, 1.82) is 0 Å². The molecule has 0 aromatic carbocycles. The summed E-state index contributed by atoms with van der Waals surface area (Å²) >= 11 is 0. The van der Waals surface area contributed by atoms with Gasteiger partial charge in [-0.05, 0) is 43.4 Å². The number of carboxylic acids is 1. The summed E-state index contributed by atoms with van der Waals surface area (Å²) in [6, 6.07) is 0.601. The Labute approximate surface area is 130 Å². The molecule has 22 heavy (non-hydrogen) atoms. The Bertz CT molecular complexity index is 490. The molecular formula is C16H24N2O4. The van der Waals surface area contributed by atoms with Crippen molar-refractivity contribution in [2.75, 3.05) is 32.8 Å². The fourth-order valence-electron chi connectivity index (χ4n) is 5.06. The SMILES string of the molecule is CCOC(=O)N1CCC2(CC(N3C[C@@H]4[C@H](C3)[C@H]4C(=O)O)C2)C1. The summed E-state index contributed by atoms with van der Waals surface area (Å²) in [5, 5.41) is 9.08. The lowest BCUT2D eigenvalue weighted by Gasteiger charge is -2.49. The zero-order valence-corrected chi connectivity index (χ0v) is 13.0. The number of fused-ring (bicyclic) bond motifs is 1. The van der Waals surface area contributed by atoms with Crippen LogP contribution >= 0.6 is 0 Å². The summed E-state index contributed by atoms with van der Waals surface area (Å²) in [5.74, 6) is 0.110. The second-order valence-electron chi connectivity index (χ2n) is 7.58. The number of aliphatic carboxylic acids is 1. The zero-order valence-electron chi connectivity index (χ0n) is 13.0. The topological polar surface area (TPSA) is 70.1 Å². The summed E-state index contributed by atoms with van der Waals surface area (Å²) in [7, 11) is 0. The van der Waals surface area contributed by atoms with Crippen molar-refractivity contribution < 1.29 is 19.4 Å². The van der Waals surface area contributed by atoms with E-state index >= 15 is 0 Å². The molecule has 0 aromatic rings. The van der Waals surface area contributed by atoms with Crippen molar-refractivity contribution in [2.45, 2.75) is 32.2 Å². The van der Waals surface area contributed by atoms with Gasteiger partial charge in [0.2, 0.25) is 0 Å². The van der Waals surface area contributed by atoms with Crippen LogP contribution in [0.1, 0.15) is 26.2 Å². The molecule has 4 fully saturated rings. The number of hydrogen-bond acceptors (Lipinski definition) is 4. The highest BCUT2D eigenvalue weighted by Crippen LogP contribution is 2.56. The van der Waals surface area contributed by atoms with Crippen molar-refractivity contribution in [3.63, 3.8) is 0 Å². The molecule has 0 aromatic heterocycles.